The molecule has 0 fully saturated rings. The molecule has 0 amide bonds. The summed E-state index contributed by atoms with van der Waals surface area (Å²) in [4.78, 5) is 52.9. The zero-order valence-corrected chi connectivity index (χ0v) is 71.6. The van der Waals surface area contributed by atoms with E-state index in [9.17, 15) is 9.36 Å². The van der Waals surface area contributed by atoms with E-state index in [1.54, 1.807) is 21.3 Å². The van der Waals surface area contributed by atoms with E-state index in [1.807, 2.05) is 6.55 Å². The Morgan fingerprint density at radius 3 is 0.825 bits per heavy atom. The van der Waals surface area contributed by atoms with Gasteiger partial charge in [0.1, 0.15) is 62.9 Å². The number of aliphatic hydroxyl groups excluding tert-OH is 2. The molecule has 0 bridgehead atoms. The van der Waals surface area contributed by atoms with Crippen molar-refractivity contribution in [3.63, 3.8) is 0 Å². The molecule has 0 radical (unpaired) electrons. The van der Waals surface area contributed by atoms with E-state index in [1.165, 1.54) is 0 Å². The van der Waals surface area contributed by atoms with Gasteiger partial charge >= 0.3 is 36.4 Å². The molecule has 0 aliphatic carbocycles. The number of aliphatic hydroxyl groups is 2. The average molecular weight is 1420 g/mol. The van der Waals surface area contributed by atoms with Gasteiger partial charge in [0, 0.05) is 99.2 Å². The van der Waals surface area contributed by atoms with Crippen LogP contribution in [0.4, 0.5) is 0 Å². The molecule has 0 rings (SSSR count). The minimum atomic E-state index is -3.65. The summed E-state index contributed by atoms with van der Waals surface area (Å²) in [5.41, 5.74) is 0. The van der Waals surface area contributed by atoms with E-state index in [0.717, 1.165) is 28.4 Å². The van der Waals surface area contributed by atoms with Crippen LogP contribution >= 0.6 is 7.82 Å². The van der Waals surface area contributed by atoms with Crippen LogP contribution in [0.15, 0.2) is 0 Å². The summed E-state index contributed by atoms with van der Waals surface area (Å²) in [6.07, 6.45) is 0. The van der Waals surface area contributed by atoms with Gasteiger partial charge < -0.3 is 125 Å². The Bertz CT molecular complexity index is 560. The van der Waals surface area contributed by atoms with Crippen LogP contribution in [0.3, 0.4) is 0 Å². The quantitative estimate of drug-likeness (QED) is 0.0121. The molecule has 1 atom stereocenters. The van der Waals surface area contributed by atoms with Crippen molar-refractivity contribution in [2.75, 3.05) is 49.8 Å². The molecular weight excluding hydrogens is 1340 g/mol. The molecule has 13 N–H and O–H groups in total. The Labute approximate surface area is 449 Å². The fourth-order valence-corrected chi connectivity index (χ4v) is 20.6. The zero-order chi connectivity index (χ0) is 46.6. The van der Waals surface area contributed by atoms with E-state index >= 15 is 0 Å². The normalized spacial score (nSPS) is 12.7. The van der Waals surface area contributed by atoms with Gasteiger partial charge in [-0.05, 0) is 6.55 Å². The zero-order valence-electron chi connectivity index (χ0n) is 38.4. The predicted octanol–water partition coefficient (Wildman–Crippen LogP) is -22.1. The summed E-state index contributed by atoms with van der Waals surface area (Å²) in [6.45, 7) is 1.85. The number of rotatable bonds is 27. The Kier molecular flexibility index (Phi) is 193. The molecule has 0 spiro atoms. The van der Waals surface area contributed by atoms with Crippen LogP contribution in [-0.2, 0) is 134 Å². The third-order valence-corrected chi connectivity index (χ3v) is 23.2. The molecule has 0 saturated heterocycles. The van der Waals surface area contributed by atoms with Crippen molar-refractivity contribution in [2.45, 2.75) is 6.55 Å². The maximum absolute atomic E-state index is 10.7. The van der Waals surface area contributed by atoms with Gasteiger partial charge in [-0.15, -0.1) is 0 Å². The van der Waals surface area contributed by atoms with Crippen molar-refractivity contribution in [1.29, 1.82) is 0 Å². The van der Waals surface area contributed by atoms with Crippen molar-refractivity contribution < 1.29 is 184 Å². The first-order valence-corrected chi connectivity index (χ1v) is 38.4. The molecular formula is C9H80NNi3O30PSi19-2. The van der Waals surface area contributed by atoms with Gasteiger partial charge in [0.05, 0.1) is 0 Å². The second-order valence-electron chi connectivity index (χ2n) is 7.05. The summed E-state index contributed by atoms with van der Waals surface area (Å²) < 4.78 is 98.5. The van der Waals surface area contributed by atoms with E-state index in [2.05, 4.69) is 26.9 Å². The molecule has 0 aromatic carbocycles. The second kappa shape index (κ2) is 112. The van der Waals surface area contributed by atoms with Gasteiger partial charge in [-0.2, -0.15) is 0 Å². The van der Waals surface area contributed by atoms with Crippen LogP contribution < -0.4 is 10.9 Å². The minimum Gasteiger partial charge on any atom is -0.820 e. The molecule has 54 heteroatoms. The van der Waals surface area contributed by atoms with Crippen LogP contribution in [-0.4, -0.2) is 286 Å². The average Bonchev–Trinajstić information content (AvgIpc) is 3.26. The topological polar surface area (TPSA) is 444 Å². The SMILES string of the molecule is CO.CO.COP(=O)(O)OC.CO[SiH2]O[SiH](O)O[SiH2]OC.CO[SiH2]O[SiH](O)O[SiH2]O[SiH3].C[SiH2]OO.N.O.O[SiH3].O[SiH](O[SiH2]O[SiH3])O[SiH2]O[SiH3].[CH3-].[Ni].[Ni].[Ni].[O-][SiH](O[SiH2]O[SiH3])O[SiH2]O[SiH3]. The molecule has 0 heterocycles. The fourth-order valence-electron chi connectivity index (χ4n) is 1.27. The van der Waals surface area contributed by atoms with E-state index in [-0.39, 0.29) is 68.5 Å². The first kappa shape index (κ1) is 108. The molecule has 0 aliphatic heterocycles. The molecule has 0 saturated carbocycles. The summed E-state index contributed by atoms with van der Waals surface area (Å²) in [7, 11) is -9.06. The van der Waals surface area contributed by atoms with Crippen LogP contribution in [0, 0.1) is 7.43 Å². The largest absolute Gasteiger partial charge is 0.820 e. The van der Waals surface area contributed by atoms with Gasteiger partial charge in [-0.25, -0.2) is 4.57 Å². The van der Waals surface area contributed by atoms with Crippen molar-refractivity contribution in [2.24, 2.45) is 0 Å². The van der Waals surface area contributed by atoms with Crippen LogP contribution in [0.5, 0.6) is 0 Å². The van der Waals surface area contributed by atoms with Crippen LogP contribution in [0.25, 0.3) is 0 Å². The van der Waals surface area contributed by atoms with E-state index in [0.29, 0.717) is 62.9 Å². The van der Waals surface area contributed by atoms with Gasteiger partial charge in [0.25, 0.3) is 80.1 Å². The minimum absolute atomic E-state index is 0. The standard InChI is InChI=1S/C2H12O5Si3.C2H7O4P.CH12O5Si4.CH6O2Si.2CH4O.CH3.H3N.3Ni.H12O5Si5.H11O5Si5.H4OSi.H2O/c1-4-8-6-10(3)7-9-5-2;1-5-7(3,4)6-2;1-3-8-5-10(2)6-9-4-7;1-4-3-2;2*1-2;;;;;;2*1-10(4-8-2-6)5-9-3-7;1-2;/h3,10H,8-9H2,1-2H3;1-2H3,(H,3,4);2,10H,8-9H2,1,7H3;2H,4H2,1H3;2*2H,1H3;2*1H3;;;;1,10H,8-9H2,6-7H3;10H,8-9H2,6-7H3;1H,2H3;1H2/q;;;;;;-1;;;;;;-1;;. The van der Waals surface area contributed by atoms with Crippen LogP contribution in [0.1, 0.15) is 0 Å². The molecule has 0 aromatic heterocycles. The molecule has 414 valence electrons. The molecule has 0 aliphatic rings. The Morgan fingerprint density at radius 2 is 0.698 bits per heavy atom. The number of phosphoric ester groups is 1. The first-order chi connectivity index (χ1) is 27.3. The number of hydrogen-bond donors (Lipinski definition) is 9. The maximum atomic E-state index is 10.7. The van der Waals surface area contributed by atoms with Gasteiger partial charge in [-0.1, -0.05) is 0 Å². The third kappa shape index (κ3) is 146. The van der Waals surface area contributed by atoms with Crippen molar-refractivity contribution in [3.8, 4) is 0 Å². The first-order valence-electron chi connectivity index (χ1n) is 14.9. The van der Waals surface area contributed by atoms with Crippen molar-refractivity contribution in [1.82, 2.24) is 6.15 Å². The Morgan fingerprint density at radius 1 is 0.524 bits per heavy atom. The predicted molar refractivity (Wildman–Crippen MR) is 274 cm³/mol. The van der Waals surface area contributed by atoms with Crippen molar-refractivity contribution in [3.05, 3.63) is 7.43 Å². The summed E-state index contributed by atoms with van der Waals surface area (Å²) >= 11 is 0. The maximum Gasteiger partial charge on any atom is 0.471 e. The monoisotopic (exact) mass is 1420 g/mol. The molecule has 1 unspecified atom stereocenters. The second-order valence-corrected chi connectivity index (χ2v) is 37.8. The van der Waals surface area contributed by atoms with Gasteiger partial charge in [0.15, 0.2) is 0 Å². The molecule has 63 heavy (non-hydrogen) atoms. The molecule has 0 aromatic rings. The Hall–Kier alpha value is 4.63. The number of phosphoric acid groups is 1. The van der Waals surface area contributed by atoms with Crippen LogP contribution in [0.2, 0.25) is 6.55 Å². The summed E-state index contributed by atoms with van der Waals surface area (Å²) in [5.74, 6) is 0. The smallest absolute Gasteiger partial charge is 0.471 e. The number of hydrogen-bond acceptors (Lipinski definition) is 29. The fraction of sp³-hybridized carbons (Fsp3) is 0.889. The Balaban J connectivity index is -0.0000000327. The third-order valence-electron chi connectivity index (χ3n) is 3.21. The van der Waals surface area contributed by atoms with E-state index in [4.69, 9.17) is 93.0 Å². The molecule has 31 nitrogen and oxygen atoms in total. The summed E-state index contributed by atoms with van der Waals surface area (Å²) in [6, 6.07) is 0. The van der Waals surface area contributed by atoms with Gasteiger partial charge in [0.2, 0.25) is 19.3 Å². The van der Waals surface area contributed by atoms with Gasteiger partial charge in [-0.3, -0.25) is 18.9 Å². The van der Waals surface area contributed by atoms with E-state index < -0.39 is 136 Å². The van der Waals surface area contributed by atoms with Crippen molar-refractivity contribution >= 4 is 199 Å². The summed E-state index contributed by atoms with van der Waals surface area (Å²) in [5, 5.41) is 21.4.